The number of carbonyl (C=O) groups is 1. The van der Waals surface area contributed by atoms with Gasteiger partial charge in [-0.1, -0.05) is 27.5 Å². The molecule has 0 aliphatic rings. The molecule has 2 aromatic rings. The lowest BCUT2D eigenvalue weighted by atomic mass is 10.1. The number of carboxylic acids is 1. The SMILES string of the molecule is Nc1ccc(C(=O)O)cc1Nc1cc(Br)ccc1Cl. The number of benzene rings is 2. The van der Waals surface area contributed by atoms with E-state index in [1.165, 1.54) is 18.2 Å². The molecule has 0 aliphatic carbocycles. The maximum Gasteiger partial charge on any atom is 0.335 e. The Kier molecular flexibility index (Phi) is 3.97. The van der Waals surface area contributed by atoms with Gasteiger partial charge < -0.3 is 16.2 Å². The van der Waals surface area contributed by atoms with Crippen LogP contribution in [0.4, 0.5) is 17.1 Å². The van der Waals surface area contributed by atoms with Gasteiger partial charge in [-0.25, -0.2) is 4.79 Å². The number of nitrogens with two attached hydrogens (primary N) is 1. The second-order valence-electron chi connectivity index (χ2n) is 3.86. The number of anilines is 3. The van der Waals surface area contributed by atoms with Crippen LogP contribution in [0, 0.1) is 0 Å². The quantitative estimate of drug-likeness (QED) is 0.734. The highest BCUT2D eigenvalue weighted by Gasteiger charge is 2.08. The molecule has 0 bridgehead atoms. The predicted molar refractivity (Wildman–Crippen MR) is 80.2 cm³/mol. The molecule has 0 spiro atoms. The zero-order valence-electron chi connectivity index (χ0n) is 9.65. The van der Waals surface area contributed by atoms with E-state index in [-0.39, 0.29) is 5.56 Å². The van der Waals surface area contributed by atoms with Crippen molar-refractivity contribution in [2.75, 3.05) is 11.1 Å². The normalized spacial score (nSPS) is 10.2. The number of carboxylic acid groups (broad SMARTS) is 1. The third-order valence-corrected chi connectivity index (χ3v) is 3.32. The highest BCUT2D eigenvalue weighted by molar-refractivity contribution is 9.10. The van der Waals surface area contributed by atoms with E-state index < -0.39 is 5.97 Å². The lowest BCUT2D eigenvalue weighted by Gasteiger charge is -2.12. The van der Waals surface area contributed by atoms with Crippen molar-refractivity contribution < 1.29 is 9.90 Å². The van der Waals surface area contributed by atoms with Gasteiger partial charge in [-0.15, -0.1) is 0 Å². The van der Waals surface area contributed by atoms with Crippen LogP contribution in [-0.4, -0.2) is 11.1 Å². The first-order valence-electron chi connectivity index (χ1n) is 5.32. The zero-order valence-corrected chi connectivity index (χ0v) is 12.0. The molecule has 98 valence electrons. The van der Waals surface area contributed by atoms with Crippen LogP contribution in [-0.2, 0) is 0 Å². The van der Waals surface area contributed by atoms with Crippen LogP contribution in [0.25, 0.3) is 0 Å². The average molecular weight is 342 g/mol. The lowest BCUT2D eigenvalue weighted by Crippen LogP contribution is -2.01. The van der Waals surface area contributed by atoms with Gasteiger partial charge in [0.05, 0.1) is 27.6 Å². The standard InChI is InChI=1S/C13H10BrClN2O2/c14-8-2-3-9(15)11(6-8)17-12-5-7(13(18)19)1-4-10(12)16/h1-6,17H,16H2,(H,18,19). The van der Waals surface area contributed by atoms with E-state index in [0.29, 0.717) is 22.1 Å². The topological polar surface area (TPSA) is 75.4 Å². The number of aromatic carboxylic acids is 1. The van der Waals surface area contributed by atoms with Crippen molar-refractivity contribution in [3.8, 4) is 0 Å². The van der Waals surface area contributed by atoms with Gasteiger partial charge in [0.25, 0.3) is 0 Å². The molecule has 2 aromatic carbocycles. The van der Waals surface area contributed by atoms with Crippen LogP contribution >= 0.6 is 27.5 Å². The first kappa shape index (κ1) is 13.7. The van der Waals surface area contributed by atoms with Gasteiger partial charge in [0, 0.05) is 4.47 Å². The molecule has 6 heteroatoms. The highest BCUT2D eigenvalue weighted by Crippen LogP contribution is 2.31. The molecule has 0 radical (unpaired) electrons. The smallest absolute Gasteiger partial charge is 0.335 e. The van der Waals surface area contributed by atoms with Crippen LogP contribution < -0.4 is 11.1 Å². The lowest BCUT2D eigenvalue weighted by molar-refractivity contribution is 0.0697. The summed E-state index contributed by atoms with van der Waals surface area (Å²) in [7, 11) is 0. The van der Waals surface area contributed by atoms with Gasteiger partial charge in [0.2, 0.25) is 0 Å². The van der Waals surface area contributed by atoms with E-state index in [2.05, 4.69) is 21.2 Å². The fourth-order valence-electron chi connectivity index (χ4n) is 1.54. The first-order valence-corrected chi connectivity index (χ1v) is 6.49. The summed E-state index contributed by atoms with van der Waals surface area (Å²) in [5, 5.41) is 12.5. The average Bonchev–Trinajstić information content (AvgIpc) is 2.36. The molecular formula is C13H10BrClN2O2. The number of hydrogen-bond acceptors (Lipinski definition) is 3. The maximum absolute atomic E-state index is 10.9. The number of nitrogen functional groups attached to an aromatic ring is 1. The summed E-state index contributed by atoms with van der Waals surface area (Å²) in [4.78, 5) is 10.9. The van der Waals surface area contributed by atoms with E-state index in [9.17, 15) is 4.79 Å². The molecule has 0 fully saturated rings. The predicted octanol–water partition coefficient (Wildman–Crippen LogP) is 4.13. The summed E-state index contributed by atoms with van der Waals surface area (Å²) in [6.07, 6.45) is 0. The summed E-state index contributed by atoms with van der Waals surface area (Å²) < 4.78 is 0.854. The Morgan fingerprint density at radius 2 is 1.95 bits per heavy atom. The Morgan fingerprint density at radius 1 is 1.21 bits per heavy atom. The molecule has 0 atom stereocenters. The van der Waals surface area contributed by atoms with Crippen molar-refractivity contribution in [3.63, 3.8) is 0 Å². The minimum Gasteiger partial charge on any atom is -0.478 e. The van der Waals surface area contributed by atoms with Gasteiger partial charge in [0.1, 0.15) is 0 Å². The maximum atomic E-state index is 10.9. The Bertz CT molecular complexity index is 647. The second-order valence-corrected chi connectivity index (χ2v) is 5.18. The molecule has 0 aromatic heterocycles. The van der Waals surface area contributed by atoms with Gasteiger partial charge in [-0.3, -0.25) is 0 Å². The molecule has 0 amide bonds. The molecule has 4 N–H and O–H groups in total. The largest absolute Gasteiger partial charge is 0.478 e. The van der Waals surface area contributed by atoms with Crippen molar-refractivity contribution in [1.29, 1.82) is 0 Å². The van der Waals surface area contributed by atoms with Crippen molar-refractivity contribution in [2.45, 2.75) is 0 Å². The fourth-order valence-corrected chi connectivity index (χ4v) is 2.06. The molecule has 4 nitrogen and oxygen atoms in total. The van der Waals surface area contributed by atoms with Gasteiger partial charge in [0.15, 0.2) is 0 Å². The highest BCUT2D eigenvalue weighted by atomic mass is 79.9. The Hall–Kier alpha value is -1.72. The van der Waals surface area contributed by atoms with E-state index >= 15 is 0 Å². The van der Waals surface area contributed by atoms with Crippen LogP contribution in [0.3, 0.4) is 0 Å². The summed E-state index contributed by atoms with van der Waals surface area (Å²) in [6.45, 7) is 0. The van der Waals surface area contributed by atoms with Crippen LogP contribution in [0.15, 0.2) is 40.9 Å². The number of rotatable bonds is 3. The molecule has 2 rings (SSSR count). The fraction of sp³-hybridized carbons (Fsp3) is 0. The van der Waals surface area contributed by atoms with E-state index in [1.54, 1.807) is 12.1 Å². The first-order chi connectivity index (χ1) is 8.97. The Morgan fingerprint density at radius 3 is 2.63 bits per heavy atom. The zero-order chi connectivity index (χ0) is 14.0. The molecule has 0 aliphatic heterocycles. The van der Waals surface area contributed by atoms with E-state index in [1.807, 2.05) is 6.07 Å². The van der Waals surface area contributed by atoms with Gasteiger partial charge in [-0.2, -0.15) is 0 Å². The third kappa shape index (κ3) is 3.19. The minimum atomic E-state index is -1.01. The van der Waals surface area contributed by atoms with Crippen LogP contribution in [0.5, 0.6) is 0 Å². The van der Waals surface area contributed by atoms with Crippen molar-refractivity contribution in [2.24, 2.45) is 0 Å². The Balaban J connectivity index is 2.40. The van der Waals surface area contributed by atoms with Crippen molar-refractivity contribution >= 4 is 50.6 Å². The van der Waals surface area contributed by atoms with Crippen LogP contribution in [0.1, 0.15) is 10.4 Å². The van der Waals surface area contributed by atoms with E-state index in [0.717, 1.165) is 4.47 Å². The molecule has 0 saturated carbocycles. The second kappa shape index (κ2) is 5.50. The summed E-state index contributed by atoms with van der Waals surface area (Å²) in [5.74, 6) is -1.01. The number of hydrogen-bond donors (Lipinski definition) is 3. The summed E-state index contributed by atoms with van der Waals surface area (Å²) >= 11 is 9.40. The van der Waals surface area contributed by atoms with Gasteiger partial charge >= 0.3 is 5.97 Å². The van der Waals surface area contributed by atoms with Crippen LogP contribution in [0.2, 0.25) is 5.02 Å². The summed E-state index contributed by atoms with van der Waals surface area (Å²) in [5.41, 5.74) is 7.56. The number of halogens is 2. The molecule has 0 unspecified atom stereocenters. The molecule has 0 heterocycles. The Labute approximate surface area is 123 Å². The third-order valence-electron chi connectivity index (χ3n) is 2.50. The van der Waals surface area contributed by atoms with Gasteiger partial charge in [-0.05, 0) is 36.4 Å². The van der Waals surface area contributed by atoms with Crippen molar-refractivity contribution in [3.05, 3.63) is 51.5 Å². The number of nitrogens with one attached hydrogen (secondary N) is 1. The van der Waals surface area contributed by atoms with E-state index in [4.69, 9.17) is 22.4 Å². The monoisotopic (exact) mass is 340 g/mol. The van der Waals surface area contributed by atoms with Crippen molar-refractivity contribution in [1.82, 2.24) is 0 Å². The molecule has 0 saturated heterocycles. The molecular weight excluding hydrogens is 332 g/mol. The summed E-state index contributed by atoms with van der Waals surface area (Å²) in [6, 6.07) is 9.78. The molecule has 19 heavy (non-hydrogen) atoms. The minimum absolute atomic E-state index is 0.155.